The van der Waals surface area contributed by atoms with Crippen molar-refractivity contribution in [2.24, 2.45) is 0 Å². The molecule has 1 aromatic carbocycles. The van der Waals surface area contributed by atoms with Crippen molar-refractivity contribution in [3.8, 4) is 5.75 Å². The van der Waals surface area contributed by atoms with E-state index < -0.39 is 0 Å². The zero-order valence-electron chi connectivity index (χ0n) is 15.7. The van der Waals surface area contributed by atoms with Crippen LogP contribution >= 0.6 is 22.9 Å². The van der Waals surface area contributed by atoms with Gasteiger partial charge in [-0.15, -0.1) is 11.3 Å². The Kier molecular flexibility index (Phi) is 7.72. The minimum absolute atomic E-state index is 0.0543. The number of hydrogen-bond donors (Lipinski definition) is 1. The van der Waals surface area contributed by atoms with E-state index in [-0.39, 0.29) is 18.1 Å². The monoisotopic (exact) mass is 395 g/mol. The molecule has 2 rings (SSSR count). The summed E-state index contributed by atoms with van der Waals surface area (Å²) in [6, 6.07) is 7.44. The van der Waals surface area contributed by atoms with E-state index in [2.05, 4.69) is 24.1 Å². The summed E-state index contributed by atoms with van der Waals surface area (Å²) in [5.41, 5.74) is 0.879. The zero-order valence-corrected chi connectivity index (χ0v) is 17.2. The molecule has 5 nitrogen and oxygen atoms in total. The van der Waals surface area contributed by atoms with E-state index in [1.54, 1.807) is 12.1 Å². The molecule has 1 N–H and O–H groups in total. The quantitative estimate of drug-likeness (QED) is 0.676. The number of aromatic nitrogens is 1. The third-order valence-electron chi connectivity index (χ3n) is 3.90. The van der Waals surface area contributed by atoms with Crippen LogP contribution in [0.25, 0.3) is 0 Å². The molecule has 0 saturated carbocycles. The number of amides is 2. The molecule has 7 heteroatoms. The first-order valence-corrected chi connectivity index (χ1v) is 10.0. The fourth-order valence-electron chi connectivity index (χ4n) is 2.32. The molecule has 0 saturated heterocycles. The maximum atomic E-state index is 12.5. The molecule has 0 aliphatic rings. The number of rotatable bonds is 8. The average molecular weight is 396 g/mol. The van der Waals surface area contributed by atoms with Crippen LogP contribution in [0.1, 0.15) is 44.8 Å². The average Bonchev–Trinajstić information content (AvgIpc) is 3.05. The lowest BCUT2D eigenvalue weighted by Crippen LogP contribution is -2.46. The fraction of sp³-hybridized carbons (Fsp3) is 0.474. The number of thiazole rings is 1. The van der Waals surface area contributed by atoms with Crippen LogP contribution in [0.4, 0.5) is 4.79 Å². The van der Waals surface area contributed by atoms with Crippen molar-refractivity contribution in [1.82, 2.24) is 15.2 Å². The number of carbonyl (C=O) groups is 1. The molecule has 0 unspecified atom stereocenters. The van der Waals surface area contributed by atoms with E-state index in [1.165, 1.54) is 11.3 Å². The number of carbonyl (C=O) groups excluding carboxylic acids is 1. The Morgan fingerprint density at radius 1 is 1.31 bits per heavy atom. The summed E-state index contributed by atoms with van der Waals surface area (Å²) in [7, 11) is 0. The molecule has 2 aromatic rings. The summed E-state index contributed by atoms with van der Waals surface area (Å²) in [5.74, 6) is 0.753. The second kappa shape index (κ2) is 9.78. The van der Waals surface area contributed by atoms with Gasteiger partial charge in [-0.3, -0.25) is 0 Å². The smallest absolute Gasteiger partial charge is 0.318 e. The van der Waals surface area contributed by atoms with Gasteiger partial charge in [-0.2, -0.15) is 0 Å². The van der Waals surface area contributed by atoms with Crippen LogP contribution in [-0.4, -0.2) is 28.0 Å². The van der Waals surface area contributed by atoms with Crippen molar-refractivity contribution in [3.05, 3.63) is 45.4 Å². The van der Waals surface area contributed by atoms with E-state index in [4.69, 9.17) is 16.3 Å². The molecule has 2 amide bonds. The van der Waals surface area contributed by atoms with Crippen LogP contribution in [0, 0.1) is 0 Å². The summed E-state index contributed by atoms with van der Waals surface area (Å²) < 4.78 is 5.73. The Labute approximate surface area is 164 Å². The molecule has 1 heterocycles. The Balaban J connectivity index is 1.97. The molecule has 142 valence electrons. The van der Waals surface area contributed by atoms with Gasteiger partial charge < -0.3 is 15.0 Å². The summed E-state index contributed by atoms with van der Waals surface area (Å²) >= 11 is 7.41. The number of halogens is 1. The van der Waals surface area contributed by atoms with Crippen LogP contribution in [0.15, 0.2) is 29.6 Å². The molecule has 0 bridgehead atoms. The normalized spacial score (nSPS) is 12.1. The van der Waals surface area contributed by atoms with Gasteiger partial charge in [0.1, 0.15) is 17.4 Å². The van der Waals surface area contributed by atoms with Gasteiger partial charge in [-0.25, -0.2) is 9.78 Å². The first kappa shape index (κ1) is 20.5. The van der Waals surface area contributed by atoms with Crippen LogP contribution in [0.3, 0.4) is 0 Å². The lowest BCUT2D eigenvalue weighted by molar-refractivity contribution is 0.170. The van der Waals surface area contributed by atoms with Crippen LogP contribution in [-0.2, 0) is 13.2 Å². The number of urea groups is 1. The van der Waals surface area contributed by atoms with Crippen molar-refractivity contribution in [1.29, 1.82) is 0 Å². The number of nitrogens with one attached hydrogen (secondary N) is 1. The van der Waals surface area contributed by atoms with Crippen molar-refractivity contribution in [3.63, 3.8) is 0 Å². The summed E-state index contributed by atoms with van der Waals surface area (Å²) in [6.45, 7) is 8.94. The highest BCUT2D eigenvalue weighted by Gasteiger charge is 2.21. The van der Waals surface area contributed by atoms with Crippen LogP contribution in [0.5, 0.6) is 5.75 Å². The first-order valence-electron chi connectivity index (χ1n) is 8.77. The van der Waals surface area contributed by atoms with Crippen molar-refractivity contribution >= 4 is 29.0 Å². The fourth-order valence-corrected chi connectivity index (χ4v) is 3.14. The van der Waals surface area contributed by atoms with Crippen molar-refractivity contribution in [2.75, 3.05) is 0 Å². The van der Waals surface area contributed by atoms with Gasteiger partial charge in [0.2, 0.25) is 0 Å². The molecule has 1 atom stereocenters. The maximum absolute atomic E-state index is 12.5. The molecule has 0 spiro atoms. The Morgan fingerprint density at radius 3 is 2.62 bits per heavy atom. The van der Waals surface area contributed by atoms with Crippen LogP contribution in [0.2, 0.25) is 5.02 Å². The minimum atomic E-state index is -0.0543. The highest BCUT2D eigenvalue weighted by atomic mass is 35.5. The predicted octanol–water partition coefficient (Wildman–Crippen LogP) is 5.09. The van der Waals surface area contributed by atoms with E-state index in [1.807, 2.05) is 36.3 Å². The Morgan fingerprint density at radius 2 is 2.00 bits per heavy atom. The second-order valence-corrected chi connectivity index (χ2v) is 7.84. The van der Waals surface area contributed by atoms with E-state index in [0.29, 0.717) is 18.2 Å². The van der Waals surface area contributed by atoms with E-state index >= 15 is 0 Å². The number of hydrogen-bond acceptors (Lipinski definition) is 4. The van der Waals surface area contributed by atoms with E-state index in [9.17, 15) is 4.79 Å². The summed E-state index contributed by atoms with van der Waals surface area (Å²) in [5, 5.41) is 6.51. The topological polar surface area (TPSA) is 54.5 Å². The van der Waals surface area contributed by atoms with E-state index in [0.717, 1.165) is 22.9 Å². The maximum Gasteiger partial charge on any atom is 0.318 e. The SMILES string of the molecule is CC[C@@H](C)N(Cc1csc(COc2ccc(Cl)cc2)n1)C(=O)NC(C)C. The van der Waals surface area contributed by atoms with Crippen LogP contribution < -0.4 is 10.1 Å². The second-order valence-electron chi connectivity index (χ2n) is 6.46. The first-order chi connectivity index (χ1) is 12.4. The van der Waals surface area contributed by atoms with Gasteiger partial charge >= 0.3 is 6.03 Å². The van der Waals surface area contributed by atoms with Gasteiger partial charge in [0.05, 0.1) is 12.2 Å². The lowest BCUT2D eigenvalue weighted by Gasteiger charge is -2.29. The predicted molar refractivity (Wildman–Crippen MR) is 107 cm³/mol. The largest absolute Gasteiger partial charge is 0.486 e. The molecule has 0 aliphatic heterocycles. The summed E-state index contributed by atoms with van der Waals surface area (Å²) in [6.07, 6.45) is 0.891. The van der Waals surface area contributed by atoms with Crippen molar-refractivity contribution < 1.29 is 9.53 Å². The standard InChI is InChI=1S/C19H26ClN3O2S/c1-5-14(4)23(19(24)21-13(2)3)10-16-12-26-18(22-16)11-25-17-8-6-15(20)7-9-17/h6-9,12-14H,5,10-11H2,1-4H3,(H,21,24)/t14-/m1/s1. The van der Waals surface area contributed by atoms with Crippen molar-refractivity contribution in [2.45, 2.75) is 59.4 Å². The molecule has 26 heavy (non-hydrogen) atoms. The number of ether oxygens (including phenoxy) is 1. The molecular weight excluding hydrogens is 370 g/mol. The van der Waals surface area contributed by atoms with Gasteiger partial charge in [0, 0.05) is 22.5 Å². The molecule has 0 fully saturated rings. The third-order valence-corrected chi connectivity index (χ3v) is 5.03. The minimum Gasteiger partial charge on any atom is -0.486 e. The highest BCUT2D eigenvalue weighted by molar-refractivity contribution is 7.09. The van der Waals surface area contributed by atoms with Gasteiger partial charge in [0.25, 0.3) is 0 Å². The molecule has 1 aromatic heterocycles. The molecule has 0 radical (unpaired) electrons. The number of nitrogens with zero attached hydrogens (tertiary/aromatic N) is 2. The van der Waals surface area contributed by atoms with Gasteiger partial charge in [-0.1, -0.05) is 18.5 Å². The number of benzene rings is 1. The zero-order chi connectivity index (χ0) is 19.1. The third kappa shape index (κ3) is 6.18. The Hall–Kier alpha value is -1.79. The lowest BCUT2D eigenvalue weighted by atomic mass is 10.2. The highest BCUT2D eigenvalue weighted by Crippen LogP contribution is 2.19. The van der Waals surface area contributed by atoms with Gasteiger partial charge in [0.15, 0.2) is 0 Å². The summed E-state index contributed by atoms with van der Waals surface area (Å²) in [4.78, 5) is 18.9. The Bertz CT molecular complexity index is 703. The van der Waals surface area contributed by atoms with Gasteiger partial charge in [-0.05, 0) is 51.5 Å². The molecule has 0 aliphatic carbocycles. The molecular formula is C19H26ClN3O2S.